The van der Waals surface area contributed by atoms with Crippen LogP contribution in [0.15, 0.2) is 29.3 Å². The molecule has 1 spiro atoms. The maximum absolute atomic E-state index is 6.08. The average Bonchev–Trinajstić information content (AvgIpc) is 3.33. The monoisotopic (exact) mass is 429 g/mol. The second-order valence-corrected chi connectivity index (χ2v) is 9.19. The number of guanidine groups is 1. The fourth-order valence-electron chi connectivity index (χ4n) is 5.52. The first kappa shape index (κ1) is 22.6. The van der Waals surface area contributed by atoms with Crippen LogP contribution < -0.4 is 10.6 Å². The molecule has 31 heavy (non-hydrogen) atoms. The standard InChI is InChI=1S/C25H39N3O3/c1-3-30-23-16-22(25(23)11-4-5-12-25)28-24(26-2)27-17-19-7-6-8-20(15-19)18-31-21-9-13-29-14-10-21/h6-8,15,21-23H,3-5,9-14,16-18H2,1-2H3,(H2,26,27,28). The summed E-state index contributed by atoms with van der Waals surface area (Å²) in [4.78, 5) is 4.49. The van der Waals surface area contributed by atoms with E-state index in [2.05, 4.69) is 46.8 Å². The van der Waals surface area contributed by atoms with Crippen molar-refractivity contribution in [2.45, 2.75) is 83.3 Å². The molecule has 2 N–H and O–H groups in total. The molecule has 1 aliphatic heterocycles. The maximum atomic E-state index is 6.08. The Labute approximate surface area is 187 Å². The van der Waals surface area contributed by atoms with Gasteiger partial charge in [0.25, 0.3) is 0 Å². The summed E-state index contributed by atoms with van der Waals surface area (Å²) in [6.45, 7) is 5.95. The van der Waals surface area contributed by atoms with E-state index < -0.39 is 0 Å². The third-order valence-corrected chi connectivity index (χ3v) is 7.33. The molecule has 2 unspecified atom stereocenters. The predicted octanol–water partition coefficient (Wildman–Crippen LogP) is 3.79. The lowest BCUT2D eigenvalue weighted by atomic mass is 9.60. The Bertz CT molecular complexity index is 726. The van der Waals surface area contributed by atoms with Gasteiger partial charge in [-0.1, -0.05) is 37.1 Å². The third-order valence-electron chi connectivity index (χ3n) is 7.33. The van der Waals surface area contributed by atoms with E-state index in [1.54, 1.807) is 0 Å². The van der Waals surface area contributed by atoms with Gasteiger partial charge in [-0.3, -0.25) is 4.99 Å². The van der Waals surface area contributed by atoms with Crippen LogP contribution in [0.3, 0.4) is 0 Å². The fraction of sp³-hybridized carbons (Fsp3) is 0.720. The van der Waals surface area contributed by atoms with Gasteiger partial charge in [-0.05, 0) is 50.2 Å². The molecule has 3 fully saturated rings. The van der Waals surface area contributed by atoms with E-state index >= 15 is 0 Å². The zero-order chi connectivity index (χ0) is 21.5. The van der Waals surface area contributed by atoms with Crippen molar-refractivity contribution in [1.82, 2.24) is 10.6 Å². The molecule has 0 amide bonds. The lowest BCUT2D eigenvalue weighted by Gasteiger charge is -2.54. The minimum absolute atomic E-state index is 0.301. The molecule has 1 aromatic carbocycles. The number of nitrogens with one attached hydrogen (secondary N) is 2. The van der Waals surface area contributed by atoms with Gasteiger partial charge < -0.3 is 24.8 Å². The van der Waals surface area contributed by atoms with E-state index in [9.17, 15) is 0 Å². The van der Waals surface area contributed by atoms with Crippen LogP contribution >= 0.6 is 0 Å². The molecule has 1 aromatic rings. The molecule has 6 heteroatoms. The minimum Gasteiger partial charge on any atom is -0.381 e. The molecular weight excluding hydrogens is 390 g/mol. The SMILES string of the molecule is CCOC1CC(NC(=NC)NCc2cccc(COC3CCOCC3)c2)C12CCCC2. The van der Waals surface area contributed by atoms with Crippen molar-refractivity contribution in [3.8, 4) is 0 Å². The van der Waals surface area contributed by atoms with Crippen LogP contribution in [0.25, 0.3) is 0 Å². The number of nitrogens with zero attached hydrogens (tertiary/aromatic N) is 1. The summed E-state index contributed by atoms with van der Waals surface area (Å²) in [5.74, 6) is 0.884. The van der Waals surface area contributed by atoms with Gasteiger partial charge >= 0.3 is 0 Å². The first-order chi connectivity index (χ1) is 15.2. The van der Waals surface area contributed by atoms with Gasteiger partial charge in [0.05, 0.1) is 18.8 Å². The van der Waals surface area contributed by atoms with Crippen molar-refractivity contribution in [3.63, 3.8) is 0 Å². The third kappa shape index (κ3) is 5.41. The van der Waals surface area contributed by atoms with Crippen molar-refractivity contribution in [2.75, 3.05) is 26.9 Å². The quantitative estimate of drug-likeness (QED) is 0.486. The fourth-order valence-corrected chi connectivity index (χ4v) is 5.52. The Hall–Kier alpha value is -1.63. The highest BCUT2D eigenvalue weighted by molar-refractivity contribution is 5.80. The van der Waals surface area contributed by atoms with E-state index in [0.29, 0.717) is 30.3 Å². The number of benzene rings is 1. The van der Waals surface area contributed by atoms with Crippen LogP contribution in [0.5, 0.6) is 0 Å². The summed E-state index contributed by atoms with van der Waals surface area (Å²) in [7, 11) is 1.85. The molecular formula is C25H39N3O3. The normalized spacial score (nSPS) is 26.1. The first-order valence-corrected chi connectivity index (χ1v) is 12.1. The van der Waals surface area contributed by atoms with E-state index in [1.807, 2.05) is 7.05 Å². The van der Waals surface area contributed by atoms with Crippen molar-refractivity contribution in [3.05, 3.63) is 35.4 Å². The Kier molecular flexibility index (Phi) is 7.86. The van der Waals surface area contributed by atoms with Crippen LogP contribution in [-0.2, 0) is 27.4 Å². The summed E-state index contributed by atoms with van der Waals surface area (Å²) in [6.07, 6.45) is 8.96. The Morgan fingerprint density at radius 2 is 1.94 bits per heavy atom. The highest BCUT2D eigenvalue weighted by Gasteiger charge is 2.56. The van der Waals surface area contributed by atoms with Crippen LogP contribution in [-0.4, -0.2) is 51.1 Å². The molecule has 1 heterocycles. The molecule has 0 radical (unpaired) electrons. The summed E-state index contributed by atoms with van der Waals surface area (Å²) in [6, 6.07) is 9.10. The smallest absolute Gasteiger partial charge is 0.191 e. The first-order valence-electron chi connectivity index (χ1n) is 12.1. The van der Waals surface area contributed by atoms with E-state index in [4.69, 9.17) is 14.2 Å². The summed E-state index contributed by atoms with van der Waals surface area (Å²) < 4.78 is 17.5. The molecule has 3 aliphatic rings. The number of hydrogen-bond acceptors (Lipinski definition) is 4. The topological polar surface area (TPSA) is 64.1 Å². The lowest BCUT2D eigenvalue weighted by molar-refractivity contribution is -0.125. The molecule has 172 valence electrons. The second-order valence-electron chi connectivity index (χ2n) is 9.19. The van der Waals surface area contributed by atoms with Crippen LogP contribution in [0.1, 0.15) is 63.0 Å². The molecule has 2 atom stereocenters. The molecule has 1 saturated heterocycles. The molecule has 0 aromatic heterocycles. The Morgan fingerprint density at radius 3 is 2.68 bits per heavy atom. The largest absolute Gasteiger partial charge is 0.381 e. The minimum atomic E-state index is 0.301. The highest BCUT2D eigenvalue weighted by Crippen LogP contribution is 2.54. The van der Waals surface area contributed by atoms with Crippen molar-refractivity contribution in [1.29, 1.82) is 0 Å². The van der Waals surface area contributed by atoms with Crippen LogP contribution in [0.4, 0.5) is 0 Å². The molecule has 4 rings (SSSR count). The van der Waals surface area contributed by atoms with E-state index in [1.165, 1.54) is 36.8 Å². The molecule has 0 bridgehead atoms. The number of ether oxygens (including phenoxy) is 3. The van der Waals surface area contributed by atoms with Crippen molar-refractivity contribution in [2.24, 2.45) is 10.4 Å². The summed E-state index contributed by atoms with van der Waals surface area (Å²) >= 11 is 0. The zero-order valence-electron chi connectivity index (χ0n) is 19.2. The van der Waals surface area contributed by atoms with Crippen LogP contribution in [0, 0.1) is 5.41 Å². The van der Waals surface area contributed by atoms with Gasteiger partial charge in [-0.25, -0.2) is 0 Å². The predicted molar refractivity (Wildman–Crippen MR) is 123 cm³/mol. The number of rotatable bonds is 8. The van der Waals surface area contributed by atoms with E-state index in [0.717, 1.165) is 51.6 Å². The Balaban J connectivity index is 1.27. The number of hydrogen-bond donors (Lipinski definition) is 2. The zero-order valence-corrected chi connectivity index (χ0v) is 19.2. The van der Waals surface area contributed by atoms with Crippen LogP contribution in [0.2, 0.25) is 0 Å². The molecule has 6 nitrogen and oxygen atoms in total. The second kappa shape index (κ2) is 10.8. The molecule has 2 aliphatic carbocycles. The summed E-state index contributed by atoms with van der Waals surface area (Å²) in [5, 5.41) is 7.21. The van der Waals surface area contributed by atoms with Gasteiger partial charge in [-0.15, -0.1) is 0 Å². The number of aliphatic imine (C=N–C) groups is 1. The average molecular weight is 430 g/mol. The molecule has 2 saturated carbocycles. The van der Waals surface area contributed by atoms with Gasteiger partial charge in [0.1, 0.15) is 0 Å². The Morgan fingerprint density at radius 1 is 1.16 bits per heavy atom. The van der Waals surface area contributed by atoms with Crippen molar-refractivity contribution >= 4 is 5.96 Å². The van der Waals surface area contributed by atoms with Gasteiger partial charge in [0.15, 0.2) is 5.96 Å². The van der Waals surface area contributed by atoms with Crippen molar-refractivity contribution < 1.29 is 14.2 Å². The van der Waals surface area contributed by atoms with Gasteiger partial charge in [0, 0.05) is 44.9 Å². The van der Waals surface area contributed by atoms with Gasteiger partial charge in [0.2, 0.25) is 0 Å². The maximum Gasteiger partial charge on any atom is 0.191 e. The highest BCUT2D eigenvalue weighted by atomic mass is 16.5. The summed E-state index contributed by atoms with van der Waals surface area (Å²) in [5.41, 5.74) is 2.76. The lowest BCUT2D eigenvalue weighted by Crippen LogP contribution is -2.65. The van der Waals surface area contributed by atoms with E-state index in [-0.39, 0.29) is 0 Å². The van der Waals surface area contributed by atoms with Gasteiger partial charge in [-0.2, -0.15) is 0 Å².